The van der Waals surface area contributed by atoms with Crippen molar-refractivity contribution in [2.75, 3.05) is 0 Å². The zero-order chi connectivity index (χ0) is 24.9. The third kappa shape index (κ3) is 4.77. The van der Waals surface area contributed by atoms with Gasteiger partial charge in [-0.25, -0.2) is 9.97 Å². The van der Waals surface area contributed by atoms with Gasteiger partial charge in [0.1, 0.15) is 11.6 Å². The number of hydrogen-bond donors (Lipinski definition) is 1. The number of rotatable bonds is 0. The molecule has 2 aromatic heterocycles. The molecule has 180 valence electrons. The summed E-state index contributed by atoms with van der Waals surface area (Å²) in [6.45, 7) is 4.12. The Balaban J connectivity index is 0.000000145. The highest BCUT2D eigenvalue weighted by Gasteiger charge is 2.29. The Bertz CT molecular complexity index is 1640. The van der Waals surface area contributed by atoms with Gasteiger partial charge < -0.3 is 5.11 Å². The number of hydrogen-bond acceptors (Lipinski definition) is 5. The van der Waals surface area contributed by atoms with Crippen molar-refractivity contribution < 1.29 is 5.11 Å². The smallest absolute Gasteiger partial charge is 0.265 e. The lowest BCUT2D eigenvalue weighted by atomic mass is 9.96. The molecule has 2 aliphatic heterocycles. The lowest BCUT2D eigenvalue weighted by Gasteiger charge is -2.30. The molecule has 0 radical (unpaired) electrons. The Morgan fingerprint density at radius 1 is 0.886 bits per heavy atom. The van der Waals surface area contributed by atoms with E-state index in [-0.39, 0.29) is 11.1 Å². The van der Waals surface area contributed by atoms with Gasteiger partial charge >= 0.3 is 0 Å². The Kier molecular flexibility index (Phi) is 6.27. The first kappa shape index (κ1) is 24.1. The average Bonchev–Trinajstić information content (AvgIpc) is 2.80. The van der Waals surface area contributed by atoms with Gasteiger partial charge in [-0.15, -0.1) is 0 Å². The number of aliphatic hydroxyl groups is 1. The summed E-state index contributed by atoms with van der Waals surface area (Å²) >= 11 is 6.78. The lowest BCUT2D eigenvalue weighted by Crippen LogP contribution is -2.42. The predicted molar refractivity (Wildman–Crippen MR) is 145 cm³/mol. The predicted octanol–water partition coefficient (Wildman–Crippen LogP) is 4.82. The third-order valence-corrected chi connectivity index (χ3v) is 7.40. The molecule has 1 unspecified atom stereocenters. The Morgan fingerprint density at radius 3 is 2.14 bits per heavy atom. The molecular weight excluding hydrogens is 576 g/mol. The van der Waals surface area contributed by atoms with Gasteiger partial charge in [0.05, 0.1) is 34.0 Å². The highest BCUT2D eigenvalue weighted by Crippen LogP contribution is 2.23. The SMILES string of the molecule is CC1(O)CCc2nc3cc(Br)ccc3c(=O)n2C1.CC1=Cn2c(nc3cc(Br)ccc3c2=O)CC1. The molecule has 6 rings (SSSR count). The maximum atomic E-state index is 12.4. The summed E-state index contributed by atoms with van der Waals surface area (Å²) in [6.07, 6.45) is 4.98. The van der Waals surface area contributed by atoms with E-state index >= 15 is 0 Å². The summed E-state index contributed by atoms with van der Waals surface area (Å²) in [6, 6.07) is 11.0. The van der Waals surface area contributed by atoms with Crippen molar-refractivity contribution in [3.05, 3.63) is 83.3 Å². The molecule has 4 aromatic rings. The highest BCUT2D eigenvalue weighted by molar-refractivity contribution is 9.10. The Labute approximate surface area is 218 Å². The first-order valence-corrected chi connectivity index (χ1v) is 13.0. The minimum atomic E-state index is -0.818. The van der Waals surface area contributed by atoms with Crippen LogP contribution in [-0.2, 0) is 19.4 Å². The molecule has 0 bridgehead atoms. The number of fused-ring (bicyclic) bond motifs is 4. The van der Waals surface area contributed by atoms with Crippen molar-refractivity contribution in [2.24, 2.45) is 0 Å². The van der Waals surface area contributed by atoms with Crippen LogP contribution in [0.15, 0.2) is 60.5 Å². The molecule has 0 amide bonds. The molecule has 2 aliphatic rings. The average molecular weight is 600 g/mol. The second-order valence-electron chi connectivity index (χ2n) is 9.42. The van der Waals surface area contributed by atoms with E-state index in [9.17, 15) is 14.7 Å². The van der Waals surface area contributed by atoms with Crippen LogP contribution in [0.4, 0.5) is 0 Å². The Hall–Kier alpha value is -2.62. The topological polar surface area (TPSA) is 90.0 Å². The van der Waals surface area contributed by atoms with Crippen LogP contribution in [0.3, 0.4) is 0 Å². The number of halogens is 2. The van der Waals surface area contributed by atoms with Crippen LogP contribution < -0.4 is 11.1 Å². The van der Waals surface area contributed by atoms with Crippen LogP contribution in [-0.4, -0.2) is 29.8 Å². The summed E-state index contributed by atoms with van der Waals surface area (Å²) in [5.41, 5.74) is 1.84. The van der Waals surface area contributed by atoms with Gasteiger partial charge in [-0.05, 0) is 63.1 Å². The van der Waals surface area contributed by atoms with Crippen molar-refractivity contribution in [3.63, 3.8) is 0 Å². The second kappa shape index (κ2) is 9.11. The van der Waals surface area contributed by atoms with E-state index in [1.54, 1.807) is 22.1 Å². The monoisotopic (exact) mass is 598 g/mol. The second-order valence-corrected chi connectivity index (χ2v) is 11.2. The van der Waals surface area contributed by atoms with Crippen molar-refractivity contribution >= 4 is 59.9 Å². The minimum Gasteiger partial charge on any atom is -0.388 e. The van der Waals surface area contributed by atoms with Crippen LogP contribution in [0.2, 0.25) is 0 Å². The van der Waals surface area contributed by atoms with Gasteiger partial charge in [-0.1, -0.05) is 37.4 Å². The van der Waals surface area contributed by atoms with Gasteiger partial charge in [0.25, 0.3) is 11.1 Å². The molecule has 0 saturated carbocycles. The Morgan fingerprint density at radius 2 is 1.49 bits per heavy atom. The van der Waals surface area contributed by atoms with Gasteiger partial charge in [0.15, 0.2) is 0 Å². The summed E-state index contributed by atoms with van der Waals surface area (Å²) in [4.78, 5) is 33.7. The summed E-state index contributed by atoms with van der Waals surface area (Å²) in [7, 11) is 0. The van der Waals surface area contributed by atoms with E-state index in [1.165, 1.54) is 5.57 Å². The normalized spacial score (nSPS) is 18.9. The van der Waals surface area contributed by atoms with E-state index in [4.69, 9.17) is 0 Å². The number of benzene rings is 2. The van der Waals surface area contributed by atoms with E-state index in [0.29, 0.717) is 35.7 Å². The first-order chi connectivity index (χ1) is 16.6. The van der Waals surface area contributed by atoms with Crippen molar-refractivity contribution in [2.45, 2.75) is 51.7 Å². The maximum Gasteiger partial charge on any atom is 0.265 e. The lowest BCUT2D eigenvalue weighted by molar-refractivity contribution is 0.0199. The summed E-state index contributed by atoms with van der Waals surface area (Å²) in [5, 5.41) is 11.3. The molecular formula is C26H24Br2N4O3. The van der Waals surface area contributed by atoms with Crippen LogP contribution in [0.1, 0.15) is 38.3 Å². The molecule has 0 spiro atoms. The minimum absolute atomic E-state index is 0.0246. The van der Waals surface area contributed by atoms with Crippen LogP contribution in [0, 0.1) is 0 Å². The van der Waals surface area contributed by atoms with E-state index < -0.39 is 5.60 Å². The van der Waals surface area contributed by atoms with E-state index in [2.05, 4.69) is 41.8 Å². The molecule has 0 saturated heterocycles. The van der Waals surface area contributed by atoms with Crippen LogP contribution >= 0.6 is 31.9 Å². The van der Waals surface area contributed by atoms with E-state index in [1.807, 2.05) is 43.5 Å². The molecule has 4 heterocycles. The van der Waals surface area contributed by atoms with Gasteiger partial charge in [-0.2, -0.15) is 0 Å². The summed E-state index contributed by atoms with van der Waals surface area (Å²) in [5.74, 6) is 1.61. The molecule has 1 atom stereocenters. The van der Waals surface area contributed by atoms with E-state index in [0.717, 1.165) is 39.0 Å². The van der Waals surface area contributed by atoms with Crippen LogP contribution in [0.25, 0.3) is 28.0 Å². The fourth-order valence-corrected chi connectivity index (χ4v) is 5.21. The molecule has 35 heavy (non-hydrogen) atoms. The molecule has 2 aromatic carbocycles. The molecule has 0 aliphatic carbocycles. The van der Waals surface area contributed by atoms with Crippen LogP contribution in [0.5, 0.6) is 0 Å². The largest absolute Gasteiger partial charge is 0.388 e. The van der Waals surface area contributed by atoms with Gasteiger partial charge in [0.2, 0.25) is 0 Å². The third-order valence-electron chi connectivity index (χ3n) is 6.41. The zero-order valence-corrected chi connectivity index (χ0v) is 22.6. The van der Waals surface area contributed by atoms with Gasteiger partial charge in [-0.3, -0.25) is 18.7 Å². The first-order valence-electron chi connectivity index (χ1n) is 11.4. The maximum absolute atomic E-state index is 12.4. The quantitative estimate of drug-likeness (QED) is 0.313. The summed E-state index contributed by atoms with van der Waals surface area (Å²) < 4.78 is 5.13. The zero-order valence-electron chi connectivity index (χ0n) is 19.4. The molecule has 1 N–H and O–H groups in total. The van der Waals surface area contributed by atoms with Crippen molar-refractivity contribution in [1.29, 1.82) is 0 Å². The highest BCUT2D eigenvalue weighted by atomic mass is 79.9. The fraction of sp³-hybridized carbons (Fsp3) is 0.308. The van der Waals surface area contributed by atoms with Crippen molar-refractivity contribution in [1.82, 2.24) is 19.1 Å². The fourth-order valence-electron chi connectivity index (χ4n) is 4.52. The van der Waals surface area contributed by atoms with Gasteiger partial charge in [0, 0.05) is 28.0 Å². The number of nitrogens with zero attached hydrogens (tertiary/aromatic N) is 4. The number of aryl methyl sites for hydroxylation is 2. The molecule has 7 nitrogen and oxygen atoms in total. The molecule has 0 fully saturated rings. The standard InChI is InChI=1S/C13H13BrN2O2.C13H11BrN2O/c1-13(18)5-4-11-15-10-6-8(14)2-3-9(10)12(17)16(11)7-13;1-8-2-5-12-15-11-6-9(14)3-4-10(11)13(17)16(12)7-8/h2-3,6,18H,4-5,7H2,1H3;3-4,6-7H,2,5H2,1H3. The molecule has 9 heteroatoms. The van der Waals surface area contributed by atoms with Crippen molar-refractivity contribution in [3.8, 4) is 0 Å². The number of aromatic nitrogens is 4. The number of allylic oxidation sites excluding steroid dienone is 1.